The van der Waals surface area contributed by atoms with Gasteiger partial charge in [-0.15, -0.1) is 0 Å². The predicted molar refractivity (Wildman–Crippen MR) is 74.4 cm³/mol. The third-order valence-electron chi connectivity index (χ3n) is 3.99. The molecule has 112 valence electrons. The summed E-state index contributed by atoms with van der Waals surface area (Å²) in [7, 11) is 1.66. The lowest BCUT2D eigenvalue weighted by atomic mass is 9.97. The lowest BCUT2D eigenvalue weighted by molar-refractivity contribution is -0.164. The van der Waals surface area contributed by atoms with E-state index in [1.54, 1.807) is 11.9 Å². The number of rotatable bonds is 2. The van der Waals surface area contributed by atoms with Crippen LogP contribution in [-0.4, -0.2) is 76.1 Å². The van der Waals surface area contributed by atoms with Crippen LogP contribution in [0.1, 0.15) is 12.8 Å². The molecule has 3 saturated heterocycles. The van der Waals surface area contributed by atoms with Crippen LogP contribution in [0.4, 0.5) is 0 Å². The molecule has 3 N–H and O–H groups in total. The average Bonchev–Trinajstić information content (AvgIpc) is 3.02. The van der Waals surface area contributed by atoms with E-state index in [1.165, 1.54) is 11.8 Å². The van der Waals surface area contributed by atoms with Gasteiger partial charge in [-0.3, -0.25) is 9.79 Å². The number of fused-ring (bicyclic) bond motifs is 1. The zero-order chi connectivity index (χ0) is 14.3. The number of carbonyl (C=O) groups excluding carboxylic acids is 1. The van der Waals surface area contributed by atoms with Gasteiger partial charge in [-0.2, -0.15) is 0 Å². The summed E-state index contributed by atoms with van der Waals surface area (Å²) in [6.07, 6.45) is -1.09. The molecule has 3 aliphatic rings. The molecule has 0 saturated carbocycles. The summed E-state index contributed by atoms with van der Waals surface area (Å²) < 4.78 is 5.85. The number of hydrogen-bond acceptors (Lipinski definition) is 6. The zero-order valence-corrected chi connectivity index (χ0v) is 12.0. The lowest BCUT2D eigenvalue weighted by Crippen LogP contribution is -2.61. The second kappa shape index (κ2) is 5.51. The molecule has 8 heteroatoms. The van der Waals surface area contributed by atoms with E-state index in [4.69, 9.17) is 4.74 Å². The molecular weight excluding hydrogens is 282 g/mol. The maximum atomic E-state index is 11.7. The largest absolute Gasteiger partial charge is 0.388 e. The number of amides is 1. The summed E-state index contributed by atoms with van der Waals surface area (Å²) in [4.78, 5) is 17.4. The van der Waals surface area contributed by atoms with Crippen LogP contribution in [0.2, 0.25) is 0 Å². The highest BCUT2D eigenvalue weighted by atomic mass is 32.2. The van der Waals surface area contributed by atoms with Gasteiger partial charge >= 0.3 is 0 Å². The van der Waals surface area contributed by atoms with Crippen LogP contribution in [0, 0.1) is 0 Å². The summed E-state index contributed by atoms with van der Waals surface area (Å²) in [6, 6.07) is -0.362. The Bertz CT molecular complexity index is 433. The van der Waals surface area contributed by atoms with Crippen molar-refractivity contribution in [2.75, 3.05) is 20.1 Å². The second-order valence-electron chi connectivity index (χ2n) is 5.28. The van der Waals surface area contributed by atoms with Gasteiger partial charge < -0.3 is 25.2 Å². The van der Waals surface area contributed by atoms with Crippen molar-refractivity contribution >= 4 is 22.8 Å². The first-order valence-electron chi connectivity index (χ1n) is 6.79. The van der Waals surface area contributed by atoms with Crippen LogP contribution in [0.3, 0.4) is 0 Å². The summed E-state index contributed by atoms with van der Waals surface area (Å²) in [5, 5.41) is 24.1. The molecule has 7 nitrogen and oxygen atoms in total. The molecule has 3 rings (SSSR count). The first-order valence-corrected chi connectivity index (χ1v) is 7.67. The number of likely N-dealkylation sites (tertiary alicyclic amines) is 1. The third-order valence-corrected chi connectivity index (χ3v) is 5.15. The molecule has 0 aromatic heterocycles. The number of nitrogens with zero attached hydrogens (tertiary/aromatic N) is 2. The smallest absolute Gasteiger partial charge is 0.222 e. The Morgan fingerprint density at radius 2 is 2.30 bits per heavy atom. The van der Waals surface area contributed by atoms with E-state index in [9.17, 15) is 15.0 Å². The van der Waals surface area contributed by atoms with Gasteiger partial charge in [0.15, 0.2) is 5.17 Å². The number of amidine groups is 1. The number of ether oxygens (including phenoxy) is 1. The molecule has 0 aliphatic carbocycles. The van der Waals surface area contributed by atoms with Gasteiger partial charge in [-0.05, 0) is 6.42 Å². The number of carbonyl (C=O) groups is 1. The normalized spacial score (nSPS) is 43.0. The maximum absolute atomic E-state index is 11.7. The predicted octanol–water partition coefficient (Wildman–Crippen LogP) is -1.25. The van der Waals surface area contributed by atoms with E-state index in [1.807, 2.05) is 0 Å². The zero-order valence-electron chi connectivity index (χ0n) is 11.2. The molecule has 20 heavy (non-hydrogen) atoms. The minimum absolute atomic E-state index is 0.0884. The Morgan fingerprint density at radius 1 is 1.50 bits per heavy atom. The molecule has 3 aliphatic heterocycles. The van der Waals surface area contributed by atoms with Crippen molar-refractivity contribution in [3.63, 3.8) is 0 Å². The van der Waals surface area contributed by atoms with Gasteiger partial charge in [0.2, 0.25) is 5.91 Å². The summed E-state index contributed by atoms with van der Waals surface area (Å²) in [5.41, 5.74) is -0.283. The Balaban J connectivity index is 1.69. The molecule has 1 unspecified atom stereocenters. The molecule has 5 atom stereocenters. The van der Waals surface area contributed by atoms with E-state index < -0.39 is 18.3 Å². The van der Waals surface area contributed by atoms with E-state index >= 15 is 0 Å². The van der Waals surface area contributed by atoms with Crippen molar-refractivity contribution in [3.05, 3.63) is 0 Å². The van der Waals surface area contributed by atoms with Gasteiger partial charge in [-0.1, -0.05) is 11.8 Å². The van der Waals surface area contributed by atoms with Gasteiger partial charge in [-0.25, -0.2) is 0 Å². The van der Waals surface area contributed by atoms with Crippen LogP contribution in [0.5, 0.6) is 0 Å². The highest BCUT2D eigenvalue weighted by Crippen LogP contribution is 2.34. The number of aliphatic hydroxyl groups is 2. The van der Waals surface area contributed by atoms with Crippen molar-refractivity contribution in [3.8, 4) is 0 Å². The van der Waals surface area contributed by atoms with Crippen LogP contribution in [0.25, 0.3) is 0 Å². The van der Waals surface area contributed by atoms with Crippen LogP contribution >= 0.6 is 11.8 Å². The number of thioether (sulfide) groups is 1. The molecule has 0 aromatic rings. The monoisotopic (exact) mass is 301 g/mol. The number of aliphatic imine (C=N–C) groups is 1. The van der Waals surface area contributed by atoms with E-state index in [0.29, 0.717) is 24.7 Å². The molecule has 3 heterocycles. The van der Waals surface area contributed by atoms with Crippen LogP contribution in [0.15, 0.2) is 4.99 Å². The van der Waals surface area contributed by atoms with Crippen molar-refractivity contribution in [1.82, 2.24) is 10.2 Å². The molecule has 0 spiro atoms. The van der Waals surface area contributed by atoms with E-state index in [2.05, 4.69) is 10.3 Å². The first-order chi connectivity index (χ1) is 9.60. The highest BCUT2D eigenvalue weighted by Gasteiger charge is 2.49. The van der Waals surface area contributed by atoms with Gasteiger partial charge in [0, 0.05) is 26.6 Å². The molecule has 0 bridgehead atoms. The van der Waals surface area contributed by atoms with Crippen molar-refractivity contribution in [1.29, 1.82) is 0 Å². The van der Waals surface area contributed by atoms with Gasteiger partial charge in [0.25, 0.3) is 0 Å². The maximum Gasteiger partial charge on any atom is 0.222 e. The SMILES string of the molecule is CN=C1N[C@@H]2[C@@H](O)[C@H](O)C(CN3CCCC3=O)O[C@@H]2S1. The van der Waals surface area contributed by atoms with Crippen molar-refractivity contribution < 1.29 is 19.7 Å². The van der Waals surface area contributed by atoms with Crippen molar-refractivity contribution in [2.24, 2.45) is 4.99 Å². The number of nitrogens with one attached hydrogen (secondary N) is 1. The topological polar surface area (TPSA) is 94.4 Å². The Kier molecular flexibility index (Phi) is 3.89. The molecule has 0 aromatic carbocycles. The van der Waals surface area contributed by atoms with E-state index in [0.717, 1.165) is 6.42 Å². The highest BCUT2D eigenvalue weighted by molar-refractivity contribution is 8.14. The summed E-state index contributed by atoms with van der Waals surface area (Å²) in [6.45, 7) is 1.03. The first kappa shape index (κ1) is 14.1. The summed E-state index contributed by atoms with van der Waals surface area (Å²) >= 11 is 1.40. The Hall–Kier alpha value is -0.830. The van der Waals surface area contributed by atoms with E-state index in [-0.39, 0.29) is 17.4 Å². The number of hydrogen-bond donors (Lipinski definition) is 3. The summed E-state index contributed by atoms with van der Waals surface area (Å²) in [5.74, 6) is 0.0884. The molecule has 0 radical (unpaired) electrons. The fraction of sp³-hybridized carbons (Fsp3) is 0.833. The third kappa shape index (κ3) is 2.41. The Labute approximate surface area is 121 Å². The molecule has 3 fully saturated rings. The lowest BCUT2D eigenvalue weighted by Gasteiger charge is -2.40. The fourth-order valence-electron chi connectivity index (χ4n) is 2.85. The van der Waals surface area contributed by atoms with Crippen molar-refractivity contribution in [2.45, 2.75) is 42.6 Å². The molecule has 1 amide bonds. The fourth-order valence-corrected chi connectivity index (χ4v) is 3.96. The standard InChI is InChI=1S/C12H19N3O4S/c1-13-12-14-8-10(18)9(17)6(19-11(8)20-12)5-15-4-2-3-7(15)16/h6,8-11,17-18H,2-5H2,1H3,(H,13,14)/t6?,8-,9-,10-,11-/m1/s1. The average molecular weight is 301 g/mol. The van der Waals surface area contributed by atoms with Crippen LogP contribution in [-0.2, 0) is 9.53 Å². The number of aliphatic hydroxyl groups excluding tert-OH is 2. The molecular formula is C12H19N3O4S. The quantitative estimate of drug-likeness (QED) is 0.590. The minimum atomic E-state index is -1.01. The van der Waals surface area contributed by atoms with Crippen LogP contribution < -0.4 is 5.32 Å². The minimum Gasteiger partial charge on any atom is -0.388 e. The van der Waals surface area contributed by atoms with Gasteiger partial charge in [0.1, 0.15) is 23.7 Å². The van der Waals surface area contributed by atoms with Gasteiger partial charge in [0.05, 0.1) is 6.04 Å². The second-order valence-corrected chi connectivity index (χ2v) is 6.37. The Morgan fingerprint density at radius 3 is 2.95 bits per heavy atom.